The van der Waals surface area contributed by atoms with Gasteiger partial charge >= 0.3 is 5.97 Å². The molecule has 0 aliphatic heterocycles. The number of hydrogen-bond donors (Lipinski definition) is 1. The predicted molar refractivity (Wildman–Crippen MR) is 108 cm³/mol. The Balaban J connectivity index is 1.98. The average Bonchev–Trinajstić information content (AvgIpc) is 2.70. The monoisotopic (exact) mass is 386 g/mol. The van der Waals surface area contributed by atoms with E-state index in [-0.39, 0.29) is 11.5 Å². The molecular weight excluding hydrogens is 358 g/mol. The summed E-state index contributed by atoms with van der Waals surface area (Å²) in [6.07, 6.45) is 7.16. The molecule has 1 atom stereocenters. The smallest absolute Gasteiger partial charge is 0.336 e. The Morgan fingerprint density at radius 1 is 1.11 bits per heavy atom. The van der Waals surface area contributed by atoms with Crippen molar-refractivity contribution in [2.75, 3.05) is 0 Å². The topological polar surface area (TPSA) is 37.3 Å². The fraction of sp³-hybridized carbons (Fsp3) is 0.458. The predicted octanol–water partition coefficient (Wildman–Crippen LogP) is 7.04. The van der Waals surface area contributed by atoms with E-state index in [0.717, 1.165) is 36.5 Å². The number of rotatable bonds is 6. The molecule has 4 heteroatoms. The Morgan fingerprint density at radius 2 is 1.82 bits per heavy atom. The van der Waals surface area contributed by atoms with Crippen LogP contribution in [0.1, 0.15) is 74.2 Å². The quantitative estimate of drug-likeness (QED) is 0.578. The molecule has 2 nitrogen and oxygen atoms in total. The van der Waals surface area contributed by atoms with Crippen molar-refractivity contribution in [1.29, 1.82) is 0 Å². The number of carboxylic acid groups (broad SMARTS) is 1. The molecule has 0 aromatic heterocycles. The summed E-state index contributed by atoms with van der Waals surface area (Å²) in [6.45, 7) is 4.36. The minimum atomic E-state index is -1.06. The van der Waals surface area contributed by atoms with E-state index in [9.17, 15) is 18.7 Å². The summed E-state index contributed by atoms with van der Waals surface area (Å²) in [7, 11) is 0. The molecule has 2 aromatic rings. The van der Waals surface area contributed by atoms with Crippen molar-refractivity contribution in [2.24, 2.45) is 11.8 Å². The molecule has 1 fully saturated rings. The Labute approximate surface area is 165 Å². The molecule has 1 aliphatic carbocycles. The lowest BCUT2D eigenvalue weighted by atomic mass is 9.72. The van der Waals surface area contributed by atoms with Crippen LogP contribution < -0.4 is 0 Å². The van der Waals surface area contributed by atoms with Crippen LogP contribution in [0.15, 0.2) is 36.4 Å². The number of aromatic carboxylic acids is 1. The summed E-state index contributed by atoms with van der Waals surface area (Å²) < 4.78 is 27.3. The highest BCUT2D eigenvalue weighted by atomic mass is 19.2. The number of carboxylic acids is 1. The molecule has 1 unspecified atom stereocenters. The summed E-state index contributed by atoms with van der Waals surface area (Å²) in [6, 6.07) is 8.86. The van der Waals surface area contributed by atoms with E-state index in [1.165, 1.54) is 37.8 Å². The first-order chi connectivity index (χ1) is 13.4. The van der Waals surface area contributed by atoms with Crippen molar-refractivity contribution < 1.29 is 18.7 Å². The van der Waals surface area contributed by atoms with Crippen LogP contribution in [0.5, 0.6) is 0 Å². The highest BCUT2D eigenvalue weighted by Gasteiger charge is 2.28. The zero-order valence-electron chi connectivity index (χ0n) is 16.6. The maximum atomic E-state index is 13.9. The molecule has 3 rings (SSSR count). The van der Waals surface area contributed by atoms with E-state index in [0.29, 0.717) is 17.0 Å². The van der Waals surface area contributed by atoms with Gasteiger partial charge in [0, 0.05) is 0 Å². The summed E-state index contributed by atoms with van der Waals surface area (Å²) in [5.41, 5.74) is 1.97. The summed E-state index contributed by atoms with van der Waals surface area (Å²) >= 11 is 0. The molecule has 1 saturated carbocycles. The lowest BCUT2D eigenvalue weighted by molar-refractivity contribution is 0.0697. The van der Waals surface area contributed by atoms with E-state index in [1.807, 2.05) is 6.07 Å². The van der Waals surface area contributed by atoms with Gasteiger partial charge in [-0.15, -0.1) is 0 Å². The second-order valence-corrected chi connectivity index (χ2v) is 8.06. The van der Waals surface area contributed by atoms with Crippen LogP contribution in [0.25, 0.3) is 11.1 Å². The van der Waals surface area contributed by atoms with Gasteiger partial charge in [0.1, 0.15) is 0 Å². The van der Waals surface area contributed by atoms with Crippen molar-refractivity contribution in [3.8, 4) is 11.1 Å². The minimum absolute atomic E-state index is 0.134. The molecule has 150 valence electrons. The molecule has 0 spiro atoms. The lowest BCUT2D eigenvalue weighted by Crippen LogP contribution is -2.20. The largest absolute Gasteiger partial charge is 0.478 e. The van der Waals surface area contributed by atoms with Gasteiger partial charge in [-0.05, 0) is 65.5 Å². The van der Waals surface area contributed by atoms with Gasteiger partial charge in [0.2, 0.25) is 0 Å². The van der Waals surface area contributed by atoms with Gasteiger partial charge in [-0.2, -0.15) is 0 Å². The summed E-state index contributed by atoms with van der Waals surface area (Å²) in [5, 5.41) is 9.69. The van der Waals surface area contributed by atoms with E-state index in [2.05, 4.69) is 13.8 Å². The zero-order chi connectivity index (χ0) is 20.3. The maximum absolute atomic E-state index is 13.9. The van der Waals surface area contributed by atoms with Crippen molar-refractivity contribution in [3.63, 3.8) is 0 Å². The number of hydrogen-bond acceptors (Lipinski definition) is 1. The average molecular weight is 386 g/mol. The normalized spacial score (nSPS) is 20.7. The molecule has 2 aromatic carbocycles. The van der Waals surface area contributed by atoms with Crippen LogP contribution in [0.3, 0.4) is 0 Å². The Bertz CT molecular complexity index is 838. The maximum Gasteiger partial charge on any atom is 0.336 e. The summed E-state index contributed by atoms with van der Waals surface area (Å²) in [5.74, 6) is -1.52. The van der Waals surface area contributed by atoms with Gasteiger partial charge in [-0.25, -0.2) is 13.6 Å². The second-order valence-electron chi connectivity index (χ2n) is 8.06. The van der Waals surface area contributed by atoms with Crippen LogP contribution in [-0.2, 0) is 0 Å². The third-order valence-electron chi connectivity index (χ3n) is 6.32. The van der Waals surface area contributed by atoms with Gasteiger partial charge in [0.05, 0.1) is 5.56 Å². The molecule has 1 aliphatic rings. The molecule has 0 bridgehead atoms. The molecule has 0 heterocycles. The Kier molecular flexibility index (Phi) is 6.48. The third kappa shape index (κ3) is 4.26. The minimum Gasteiger partial charge on any atom is -0.478 e. The zero-order valence-corrected chi connectivity index (χ0v) is 16.6. The van der Waals surface area contributed by atoms with Crippen molar-refractivity contribution in [2.45, 2.75) is 58.3 Å². The highest BCUT2D eigenvalue weighted by Crippen LogP contribution is 2.43. The van der Waals surface area contributed by atoms with Crippen LogP contribution in [0.4, 0.5) is 8.78 Å². The highest BCUT2D eigenvalue weighted by molar-refractivity contribution is 5.97. The summed E-state index contributed by atoms with van der Waals surface area (Å²) in [4.78, 5) is 11.8. The molecule has 28 heavy (non-hydrogen) atoms. The molecule has 0 radical (unpaired) electrons. The van der Waals surface area contributed by atoms with Crippen LogP contribution >= 0.6 is 0 Å². The first-order valence-corrected chi connectivity index (χ1v) is 10.2. The fourth-order valence-electron chi connectivity index (χ4n) is 4.74. The standard InChI is InChI=1S/C24H28F2O2/c1-3-5-16-8-10-17(11-9-16)15(2)19-6-4-7-20(24(27)28)23(19)18-12-13-21(25)22(26)14-18/h4,6-7,12-17H,3,5,8-11H2,1-2H3,(H,27,28). The molecule has 1 N–H and O–H groups in total. The van der Waals surface area contributed by atoms with Crippen molar-refractivity contribution >= 4 is 5.97 Å². The Hall–Kier alpha value is -2.23. The van der Waals surface area contributed by atoms with Crippen LogP contribution in [0.2, 0.25) is 0 Å². The fourth-order valence-corrected chi connectivity index (χ4v) is 4.74. The van der Waals surface area contributed by atoms with E-state index in [4.69, 9.17) is 0 Å². The first-order valence-electron chi connectivity index (χ1n) is 10.2. The van der Waals surface area contributed by atoms with Crippen LogP contribution in [0, 0.1) is 23.5 Å². The van der Waals surface area contributed by atoms with Gasteiger partial charge in [-0.3, -0.25) is 0 Å². The Morgan fingerprint density at radius 3 is 2.43 bits per heavy atom. The van der Waals surface area contributed by atoms with Gasteiger partial charge in [-0.1, -0.05) is 57.7 Å². The third-order valence-corrected chi connectivity index (χ3v) is 6.32. The molecular formula is C24H28F2O2. The van der Waals surface area contributed by atoms with E-state index in [1.54, 1.807) is 6.07 Å². The molecule has 0 amide bonds. The van der Waals surface area contributed by atoms with Crippen LogP contribution in [-0.4, -0.2) is 11.1 Å². The van der Waals surface area contributed by atoms with Gasteiger partial charge in [0.15, 0.2) is 11.6 Å². The SMILES string of the molecule is CCCC1CCC(C(C)c2cccc(C(=O)O)c2-c2ccc(F)c(F)c2)CC1. The lowest BCUT2D eigenvalue weighted by Gasteiger charge is -2.33. The van der Waals surface area contributed by atoms with Crippen molar-refractivity contribution in [1.82, 2.24) is 0 Å². The second kappa shape index (κ2) is 8.85. The van der Waals surface area contributed by atoms with E-state index < -0.39 is 17.6 Å². The number of benzene rings is 2. The van der Waals surface area contributed by atoms with Gasteiger partial charge in [0.25, 0.3) is 0 Å². The molecule has 0 saturated heterocycles. The van der Waals surface area contributed by atoms with Gasteiger partial charge < -0.3 is 5.11 Å². The van der Waals surface area contributed by atoms with Crippen molar-refractivity contribution in [3.05, 3.63) is 59.2 Å². The first kappa shape index (κ1) is 20.5. The van der Waals surface area contributed by atoms with E-state index >= 15 is 0 Å². The number of halogens is 2. The number of carbonyl (C=O) groups is 1.